The molecule has 70 valence electrons. The smallest absolute Gasteiger partial charge is 0.386 e. The summed E-state index contributed by atoms with van der Waals surface area (Å²) in [4.78, 5) is 3.76. The summed E-state index contributed by atoms with van der Waals surface area (Å²) in [6, 6.07) is 0. The molecular weight excluding hydrogens is 169 g/mol. The van der Waals surface area contributed by atoms with E-state index in [0.29, 0.717) is 6.54 Å². The molecule has 0 fully saturated rings. The third kappa shape index (κ3) is 7.11. The molecule has 0 heterocycles. The van der Waals surface area contributed by atoms with Crippen molar-refractivity contribution >= 4 is 5.71 Å². The van der Waals surface area contributed by atoms with Crippen LogP contribution in [0.1, 0.15) is 6.92 Å². The maximum Gasteiger partial charge on any atom is 0.411 e. The summed E-state index contributed by atoms with van der Waals surface area (Å²) in [5, 5.41) is 2.46. The highest BCUT2D eigenvalue weighted by Crippen LogP contribution is 2.14. The number of allylic oxidation sites excluding steroid dienone is 1. The summed E-state index contributed by atoms with van der Waals surface area (Å²) in [6.45, 7) is 2.07. The van der Waals surface area contributed by atoms with Crippen LogP contribution in [0.15, 0.2) is 17.3 Å². The Kier molecular flexibility index (Phi) is 4.39. The maximum atomic E-state index is 11.5. The Balaban J connectivity index is 3.64. The fourth-order valence-corrected chi connectivity index (χ4v) is 0.439. The SMILES string of the molecule is CN=C(C)CN/C=C/C(F)(F)F. The van der Waals surface area contributed by atoms with Crippen molar-refractivity contribution in [2.45, 2.75) is 13.1 Å². The molecule has 0 radical (unpaired) electrons. The molecule has 0 aromatic carbocycles. The van der Waals surface area contributed by atoms with E-state index in [2.05, 4.69) is 10.3 Å². The van der Waals surface area contributed by atoms with E-state index in [1.54, 1.807) is 14.0 Å². The zero-order chi connectivity index (χ0) is 9.61. The third-order valence-corrected chi connectivity index (χ3v) is 1.13. The van der Waals surface area contributed by atoms with Crippen LogP contribution in [0.2, 0.25) is 0 Å². The van der Waals surface area contributed by atoms with Crippen molar-refractivity contribution in [3.8, 4) is 0 Å². The van der Waals surface area contributed by atoms with Gasteiger partial charge in [0.25, 0.3) is 0 Å². The Morgan fingerprint density at radius 3 is 2.50 bits per heavy atom. The van der Waals surface area contributed by atoms with Crippen LogP contribution in [0, 0.1) is 0 Å². The number of nitrogens with zero attached hydrogens (tertiary/aromatic N) is 1. The number of alkyl halides is 3. The number of hydrogen-bond donors (Lipinski definition) is 1. The fourth-order valence-electron chi connectivity index (χ4n) is 0.439. The van der Waals surface area contributed by atoms with Gasteiger partial charge in [0, 0.05) is 25.0 Å². The maximum absolute atomic E-state index is 11.5. The van der Waals surface area contributed by atoms with E-state index in [1.807, 2.05) is 0 Å². The molecule has 0 saturated carbocycles. The molecule has 0 amide bonds. The molecule has 0 saturated heterocycles. The van der Waals surface area contributed by atoms with Gasteiger partial charge in [-0.25, -0.2) is 0 Å². The summed E-state index contributed by atoms with van der Waals surface area (Å²) in [7, 11) is 1.59. The Morgan fingerprint density at radius 2 is 2.08 bits per heavy atom. The molecule has 0 rings (SSSR count). The van der Waals surface area contributed by atoms with Gasteiger partial charge >= 0.3 is 6.18 Å². The molecular formula is C7H11F3N2. The second kappa shape index (κ2) is 4.79. The number of hydrogen-bond acceptors (Lipinski definition) is 2. The minimum Gasteiger partial charge on any atom is -0.386 e. The zero-order valence-corrected chi connectivity index (χ0v) is 6.94. The average molecular weight is 180 g/mol. The Morgan fingerprint density at radius 1 is 1.50 bits per heavy atom. The summed E-state index contributed by atoms with van der Waals surface area (Å²) in [6.07, 6.45) is -3.23. The zero-order valence-electron chi connectivity index (χ0n) is 6.94. The average Bonchev–Trinajstić information content (AvgIpc) is 1.96. The van der Waals surface area contributed by atoms with Crippen molar-refractivity contribution in [1.29, 1.82) is 0 Å². The van der Waals surface area contributed by atoms with Gasteiger partial charge in [0.15, 0.2) is 0 Å². The molecule has 0 aliphatic heterocycles. The lowest BCUT2D eigenvalue weighted by molar-refractivity contribution is -0.0801. The van der Waals surface area contributed by atoms with E-state index in [4.69, 9.17) is 0 Å². The molecule has 0 bridgehead atoms. The minimum atomic E-state index is -4.25. The third-order valence-electron chi connectivity index (χ3n) is 1.13. The normalized spacial score (nSPS) is 13.9. The second-order valence-corrected chi connectivity index (χ2v) is 2.21. The van der Waals surface area contributed by atoms with E-state index in [1.165, 1.54) is 0 Å². The first-order valence-electron chi connectivity index (χ1n) is 3.36. The Bertz CT molecular complexity index is 182. The van der Waals surface area contributed by atoms with Crippen LogP contribution in [-0.4, -0.2) is 25.5 Å². The van der Waals surface area contributed by atoms with Gasteiger partial charge in [0.2, 0.25) is 0 Å². The first-order valence-corrected chi connectivity index (χ1v) is 3.36. The van der Waals surface area contributed by atoms with Crippen molar-refractivity contribution < 1.29 is 13.2 Å². The molecule has 0 aliphatic rings. The van der Waals surface area contributed by atoms with Gasteiger partial charge in [-0.05, 0) is 6.92 Å². The highest BCUT2D eigenvalue weighted by atomic mass is 19.4. The first kappa shape index (κ1) is 11.0. The Hall–Kier alpha value is -1.00. The lowest BCUT2D eigenvalue weighted by Crippen LogP contribution is -2.16. The van der Waals surface area contributed by atoms with Crippen LogP contribution in [0.25, 0.3) is 0 Å². The molecule has 0 aliphatic carbocycles. The second-order valence-electron chi connectivity index (χ2n) is 2.21. The van der Waals surface area contributed by atoms with Gasteiger partial charge < -0.3 is 5.32 Å². The van der Waals surface area contributed by atoms with E-state index in [9.17, 15) is 13.2 Å². The van der Waals surface area contributed by atoms with Gasteiger partial charge in [0.1, 0.15) is 0 Å². The van der Waals surface area contributed by atoms with Crippen molar-refractivity contribution in [1.82, 2.24) is 5.32 Å². The van der Waals surface area contributed by atoms with Gasteiger partial charge in [-0.2, -0.15) is 13.2 Å². The largest absolute Gasteiger partial charge is 0.411 e. The number of rotatable bonds is 3. The van der Waals surface area contributed by atoms with Crippen LogP contribution in [0.4, 0.5) is 13.2 Å². The highest BCUT2D eigenvalue weighted by Gasteiger charge is 2.21. The van der Waals surface area contributed by atoms with Gasteiger partial charge in [-0.15, -0.1) is 0 Å². The summed E-state index contributed by atoms with van der Waals surface area (Å²) in [5.41, 5.74) is 0.752. The monoisotopic (exact) mass is 180 g/mol. The topological polar surface area (TPSA) is 24.4 Å². The first-order chi connectivity index (χ1) is 5.45. The van der Waals surface area contributed by atoms with Gasteiger partial charge in [0.05, 0.1) is 6.54 Å². The molecule has 5 heteroatoms. The summed E-state index contributed by atoms with van der Waals surface area (Å²) >= 11 is 0. The Labute approximate surface area is 69.2 Å². The van der Waals surface area contributed by atoms with Crippen LogP contribution < -0.4 is 5.32 Å². The standard InChI is InChI=1S/C7H11F3N2/c1-6(11-2)5-12-4-3-7(8,9)10/h3-4,12H,5H2,1-2H3/b4-3+,11-6?. The quantitative estimate of drug-likeness (QED) is 0.657. The van der Waals surface area contributed by atoms with Crippen molar-refractivity contribution in [2.75, 3.05) is 13.6 Å². The van der Waals surface area contributed by atoms with E-state index in [-0.39, 0.29) is 6.08 Å². The van der Waals surface area contributed by atoms with Crippen LogP contribution in [0.5, 0.6) is 0 Å². The van der Waals surface area contributed by atoms with Gasteiger partial charge in [-0.1, -0.05) is 0 Å². The molecule has 0 aromatic rings. The molecule has 0 atom stereocenters. The molecule has 1 N–H and O–H groups in total. The predicted molar refractivity (Wildman–Crippen MR) is 42.2 cm³/mol. The van der Waals surface area contributed by atoms with E-state index < -0.39 is 6.18 Å². The highest BCUT2D eigenvalue weighted by molar-refractivity contribution is 5.83. The lowest BCUT2D eigenvalue weighted by atomic mass is 10.4. The van der Waals surface area contributed by atoms with Crippen molar-refractivity contribution in [3.05, 3.63) is 12.3 Å². The lowest BCUT2D eigenvalue weighted by Gasteiger charge is -2.00. The summed E-state index contributed by atoms with van der Waals surface area (Å²) in [5.74, 6) is 0. The van der Waals surface area contributed by atoms with Crippen molar-refractivity contribution in [2.24, 2.45) is 4.99 Å². The number of nitrogens with one attached hydrogen (secondary N) is 1. The number of aliphatic imine (C=N–C) groups is 1. The number of halogens is 3. The van der Waals surface area contributed by atoms with Crippen LogP contribution >= 0.6 is 0 Å². The molecule has 0 aromatic heterocycles. The van der Waals surface area contributed by atoms with Gasteiger partial charge in [-0.3, -0.25) is 4.99 Å². The summed E-state index contributed by atoms with van der Waals surface area (Å²) < 4.78 is 34.5. The molecule has 0 spiro atoms. The molecule has 0 unspecified atom stereocenters. The van der Waals surface area contributed by atoms with Crippen LogP contribution in [0.3, 0.4) is 0 Å². The van der Waals surface area contributed by atoms with E-state index >= 15 is 0 Å². The fraction of sp³-hybridized carbons (Fsp3) is 0.571. The minimum absolute atomic E-state index is 0.149. The molecule has 2 nitrogen and oxygen atoms in total. The van der Waals surface area contributed by atoms with Crippen molar-refractivity contribution in [3.63, 3.8) is 0 Å². The van der Waals surface area contributed by atoms with E-state index in [0.717, 1.165) is 11.9 Å². The predicted octanol–water partition coefficient (Wildman–Crippen LogP) is 1.74. The molecule has 12 heavy (non-hydrogen) atoms. The van der Waals surface area contributed by atoms with Crippen LogP contribution in [-0.2, 0) is 0 Å².